The fourth-order valence-corrected chi connectivity index (χ4v) is 6.96. The third-order valence-electron chi connectivity index (χ3n) is 9.33. The van der Waals surface area contributed by atoms with Gasteiger partial charge in [0.2, 0.25) is 0 Å². The smallest absolute Gasteiger partial charge is 0.170 e. The Morgan fingerprint density at radius 3 is 1.38 bits per heavy atom. The Morgan fingerprint density at radius 2 is 0.975 bits per heavy atom. The van der Waals surface area contributed by atoms with Crippen LogP contribution in [0.5, 0.6) is 11.5 Å². The molecule has 0 saturated carbocycles. The molecule has 0 amide bonds. The lowest BCUT2D eigenvalue weighted by molar-refractivity contribution is -0.0161. The molecule has 4 heterocycles. The van der Waals surface area contributed by atoms with Gasteiger partial charge in [-0.2, -0.15) is 0 Å². The third kappa shape index (κ3) is 4.95. The highest BCUT2D eigenvalue weighted by Crippen LogP contribution is 2.46. The summed E-state index contributed by atoms with van der Waals surface area (Å²) in [7, 11) is 0. The van der Waals surface area contributed by atoms with E-state index in [-0.39, 0.29) is 11.6 Å². The molecule has 0 aliphatic carbocycles. The van der Waals surface area contributed by atoms with E-state index in [0.29, 0.717) is 35.5 Å². The molecule has 0 atom stereocenters. The summed E-state index contributed by atoms with van der Waals surface area (Å²) in [6.45, 7) is 5.38. The van der Waals surface area contributed by atoms with Gasteiger partial charge >= 0.3 is 0 Å². The molecule has 3 aromatic carbocycles. The van der Waals surface area contributed by atoms with Crippen LogP contribution in [0.3, 0.4) is 0 Å². The number of ether oxygens (including phenoxy) is 2. The number of fused-ring (bicyclic) bond motifs is 2. The Balaban J connectivity index is 1.05. The predicted molar refractivity (Wildman–Crippen MR) is 153 cm³/mol. The van der Waals surface area contributed by atoms with Crippen LogP contribution in [0, 0.1) is 0 Å². The normalized spacial score (nSPS) is 21.9. The molecular weight excluding hydrogens is 500 g/mol. The molecule has 3 aromatic rings. The van der Waals surface area contributed by atoms with E-state index in [2.05, 4.69) is 58.3 Å². The van der Waals surface area contributed by atoms with Gasteiger partial charge in [-0.1, -0.05) is 60.7 Å². The Kier molecular flexibility index (Phi) is 6.48. The first-order chi connectivity index (χ1) is 19.5. The van der Waals surface area contributed by atoms with Gasteiger partial charge in [0.25, 0.3) is 0 Å². The molecular formula is C34H36N2O4. The predicted octanol–water partition coefficient (Wildman–Crippen LogP) is 5.69. The molecule has 0 aromatic heterocycles. The molecule has 2 fully saturated rings. The maximum absolute atomic E-state index is 13.4. The number of Topliss-reactive ketones (excluding diaryl/α,β-unsaturated/α-hetero) is 2. The molecule has 6 heteroatoms. The maximum atomic E-state index is 13.4. The summed E-state index contributed by atoms with van der Waals surface area (Å²) < 4.78 is 13.3. The molecule has 2 saturated heterocycles. The monoisotopic (exact) mass is 536 g/mol. The lowest BCUT2D eigenvalue weighted by Crippen LogP contribution is -2.51. The fourth-order valence-electron chi connectivity index (χ4n) is 6.96. The third-order valence-corrected chi connectivity index (χ3v) is 9.33. The number of carbonyl (C=O) groups is 2. The number of piperidine rings is 2. The number of rotatable bonds is 4. The van der Waals surface area contributed by atoms with Gasteiger partial charge in [-0.15, -0.1) is 0 Å². The second-order valence-corrected chi connectivity index (χ2v) is 12.1. The first-order valence-corrected chi connectivity index (χ1v) is 14.6. The van der Waals surface area contributed by atoms with E-state index in [1.54, 1.807) is 6.07 Å². The van der Waals surface area contributed by atoms with Crippen molar-refractivity contribution in [1.29, 1.82) is 0 Å². The summed E-state index contributed by atoms with van der Waals surface area (Å²) in [4.78, 5) is 31.6. The highest BCUT2D eigenvalue weighted by atomic mass is 16.5. The van der Waals surface area contributed by atoms with Crippen LogP contribution in [0.15, 0.2) is 72.8 Å². The molecule has 0 bridgehead atoms. The van der Waals surface area contributed by atoms with Crippen molar-refractivity contribution in [2.45, 2.75) is 62.8 Å². The largest absolute Gasteiger partial charge is 0.486 e. The number of hydrogen-bond donors (Lipinski definition) is 0. The summed E-state index contributed by atoms with van der Waals surface area (Å²) in [6, 6.07) is 24.6. The van der Waals surface area contributed by atoms with Crippen molar-refractivity contribution < 1.29 is 19.1 Å². The Morgan fingerprint density at radius 1 is 0.575 bits per heavy atom. The van der Waals surface area contributed by atoms with E-state index in [0.717, 1.165) is 65.0 Å². The molecule has 7 rings (SSSR count). The van der Waals surface area contributed by atoms with E-state index in [4.69, 9.17) is 9.47 Å². The maximum Gasteiger partial charge on any atom is 0.170 e. The number of nitrogens with zero attached hydrogens (tertiary/aromatic N) is 2. The lowest BCUT2D eigenvalue weighted by atomic mass is 9.80. The van der Waals surface area contributed by atoms with Crippen molar-refractivity contribution in [1.82, 2.24) is 9.80 Å². The van der Waals surface area contributed by atoms with Crippen LogP contribution >= 0.6 is 0 Å². The standard InChI is InChI=1S/C34H36N2O4/c37-29-21-33(11-15-35(16-12-33)23-25-7-3-1-4-8-25)39-31-20-32-28(19-27(29)31)30(38)22-34(40-32)13-17-36(18-14-34)24-26-9-5-2-6-10-26/h1-10,19-20H,11-18,21-24H2. The number of benzene rings is 3. The molecule has 6 nitrogen and oxygen atoms in total. The summed E-state index contributed by atoms with van der Waals surface area (Å²) in [5, 5.41) is 0. The highest BCUT2D eigenvalue weighted by Gasteiger charge is 2.46. The van der Waals surface area contributed by atoms with Crippen molar-refractivity contribution in [3.05, 3.63) is 95.1 Å². The van der Waals surface area contributed by atoms with Crippen LogP contribution in [-0.4, -0.2) is 58.7 Å². The Bertz CT molecular complexity index is 1300. The van der Waals surface area contributed by atoms with Crippen LogP contribution in [0.4, 0.5) is 0 Å². The molecule has 2 spiro atoms. The minimum atomic E-state index is -0.481. The lowest BCUT2D eigenvalue weighted by Gasteiger charge is -2.46. The van der Waals surface area contributed by atoms with Gasteiger partial charge < -0.3 is 9.47 Å². The molecule has 40 heavy (non-hydrogen) atoms. The number of hydrogen-bond acceptors (Lipinski definition) is 6. The minimum absolute atomic E-state index is 0.0721. The zero-order valence-corrected chi connectivity index (χ0v) is 22.9. The number of likely N-dealkylation sites (tertiary alicyclic amines) is 2. The Hall–Kier alpha value is -3.48. The van der Waals surface area contributed by atoms with Crippen LogP contribution in [0.1, 0.15) is 70.4 Å². The van der Waals surface area contributed by atoms with E-state index >= 15 is 0 Å². The summed E-state index contributed by atoms with van der Waals surface area (Å²) in [5.74, 6) is 1.31. The van der Waals surface area contributed by atoms with Crippen molar-refractivity contribution in [3.8, 4) is 11.5 Å². The van der Waals surface area contributed by atoms with Gasteiger partial charge in [-0.05, 0) is 17.2 Å². The summed E-state index contributed by atoms with van der Waals surface area (Å²) >= 11 is 0. The number of ketones is 2. The quantitative estimate of drug-likeness (QED) is 0.427. The van der Waals surface area contributed by atoms with Gasteiger partial charge in [-0.3, -0.25) is 19.4 Å². The average Bonchev–Trinajstić information content (AvgIpc) is 2.96. The summed E-state index contributed by atoms with van der Waals surface area (Å²) in [5.41, 5.74) is 2.70. The van der Waals surface area contributed by atoms with Gasteiger partial charge in [0.05, 0.1) is 24.0 Å². The minimum Gasteiger partial charge on any atom is -0.486 e. The van der Waals surface area contributed by atoms with Crippen molar-refractivity contribution >= 4 is 11.6 Å². The van der Waals surface area contributed by atoms with E-state index in [1.165, 1.54) is 11.1 Å². The second-order valence-electron chi connectivity index (χ2n) is 12.1. The average molecular weight is 537 g/mol. The van der Waals surface area contributed by atoms with Gasteiger partial charge in [0.15, 0.2) is 11.6 Å². The second kappa shape index (κ2) is 10.2. The van der Waals surface area contributed by atoms with Gasteiger partial charge in [0.1, 0.15) is 22.7 Å². The van der Waals surface area contributed by atoms with E-state index in [9.17, 15) is 9.59 Å². The van der Waals surface area contributed by atoms with Crippen molar-refractivity contribution in [2.75, 3.05) is 26.2 Å². The zero-order valence-electron chi connectivity index (χ0n) is 22.9. The highest BCUT2D eigenvalue weighted by molar-refractivity contribution is 6.06. The number of carbonyl (C=O) groups excluding carboxylic acids is 2. The summed E-state index contributed by atoms with van der Waals surface area (Å²) in [6.07, 6.45) is 3.97. The van der Waals surface area contributed by atoms with Crippen LogP contribution < -0.4 is 9.47 Å². The first-order valence-electron chi connectivity index (χ1n) is 14.6. The van der Waals surface area contributed by atoms with E-state index in [1.807, 2.05) is 18.2 Å². The fraction of sp³-hybridized carbons (Fsp3) is 0.412. The van der Waals surface area contributed by atoms with Crippen molar-refractivity contribution in [2.24, 2.45) is 0 Å². The first kappa shape index (κ1) is 25.5. The molecule has 0 unspecified atom stereocenters. The molecule has 206 valence electrons. The SMILES string of the molecule is O=C1CC2(CCN(Cc3ccccc3)CC2)Oc2cc3c(cc21)C(=O)CC1(CCN(Cc2ccccc2)CC1)O3. The molecule has 4 aliphatic rings. The molecule has 0 radical (unpaired) electrons. The zero-order chi connectivity index (χ0) is 27.2. The van der Waals surface area contributed by atoms with Gasteiger partial charge in [0, 0.05) is 71.0 Å². The molecule has 4 aliphatic heterocycles. The van der Waals surface area contributed by atoms with Crippen LogP contribution in [-0.2, 0) is 13.1 Å². The van der Waals surface area contributed by atoms with Crippen LogP contribution in [0.2, 0.25) is 0 Å². The topological polar surface area (TPSA) is 59.1 Å². The van der Waals surface area contributed by atoms with Crippen molar-refractivity contribution in [3.63, 3.8) is 0 Å². The van der Waals surface area contributed by atoms with E-state index < -0.39 is 11.2 Å². The van der Waals surface area contributed by atoms with Gasteiger partial charge in [-0.25, -0.2) is 0 Å². The molecule has 0 N–H and O–H groups in total. The van der Waals surface area contributed by atoms with Crippen LogP contribution in [0.25, 0.3) is 0 Å². The Labute approximate surface area is 235 Å².